The normalized spacial score (nSPS) is 17.0. The second-order valence-electron chi connectivity index (χ2n) is 8.64. The van der Waals surface area contributed by atoms with Crippen LogP contribution in [0.25, 0.3) is 6.08 Å². The molecule has 1 aliphatic heterocycles. The molecule has 0 spiro atoms. The summed E-state index contributed by atoms with van der Waals surface area (Å²) >= 11 is 5.88. The van der Waals surface area contributed by atoms with Gasteiger partial charge in [-0.05, 0) is 85.7 Å². The first-order chi connectivity index (χ1) is 16.2. The standard InChI is InChI=1S/C28H34N2O2S/c1-3-4-19-32-25-12-7-21(8-13-25)20-22-9-16-26(27(22)30-17-5-6-18-30)28(33)29-23-10-14-24(31-2)15-11-23/h7-8,10-15,20H,3-6,9,16-19H2,1-2H3,(H,29,33)/b22-20+. The van der Waals surface area contributed by atoms with E-state index in [0.717, 1.165) is 67.6 Å². The summed E-state index contributed by atoms with van der Waals surface area (Å²) in [5.74, 6) is 1.79. The fourth-order valence-electron chi connectivity index (χ4n) is 4.46. The molecule has 1 heterocycles. The van der Waals surface area contributed by atoms with Gasteiger partial charge in [-0.3, -0.25) is 0 Å². The Balaban J connectivity index is 1.54. The predicted octanol–water partition coefficient (Wildman–Crippen LogP) is 6.84. The van der Waals surface area contributed by atoms with E-state index in [-0.39, 0.29) is 0 Å². The van der Waals surface area contributed by atoms with Crippen LogP contribution in [-0.4, -0.2) is 36.7 Å². The largest absolute Gasteiger partial charge is 0.497 e. The van der Waals surface area contributed by atoms with E-state index in [1.165, 1.54) is 35.2 Å². The van der Waals surface area contributed by atoms with Gasteiger partial charge in [0.2, 0.25) is 0 Å². The third-order valence-corrected chi connectivity index (χ3v) is 6.61. The maximum atomic E-state index is 5.88. The summed E-state index contributed by atoms with van der Waals surface area (Å²) < 4.78 is 11.1. The number of thiocarbonyl (C=S) groups is 1. The number of benzene rings is 2. The summed E-state index contributed by atoms with van der Waals surface area (Å²) in [6.45, 7) is 5.16. The van der Waals surface area contributed by atoms with Gasteiger partial charge < -0.3 is 19.7 Å². The number of hydrogen-bond donors (Lipinski definition) is 1. The van der Waals surface area contributed by atoms with Crippen LogP contribution in [-0.2, 0) is 0 Å². The Kier molecular flexibility index (Phi) is 8.05. The van der Waals surface area contributed by atoms with Gasteiger partial charge in [0.15, 0.2) is 0 Å². The number of nitrogens with one attached hydrogen (secondary N) is 1. The van der Waals surface area contributed by atoms with Gasteiger partial charge in [-0.1, -0.05) is 37.7 Å². The predicted molar refractivity (Wildman–Crippen MR) is 141 cm³/mol. The topological polar surface area (TPSA) is 33.7 Å². The van der Waals surface area contributed by atoms with Crippen LogP contribution in [0.2, 0.25) is 0 Å². The molecule has 1 fully saturated rings. The van der Waals surface area contributed by atoms with E-state index in [9.17, 15) is 0 Å². The molecule has 0 bridgehead atoms. The Labute approximate surface area is 203 Å². The number of allylic oxidation sites excluding steroid dienone is 1. The van der Waals surface area contributed by atoms with Crippen LogP contribution in [0.3, 0.4) is 0 Å². The molecule has 0 saturated carbocycles. The third kappa shape index (κ3) is 5.97. The average Bonchev–Trinajstić information content (AvgIpc) is 3.51. The maximum Gasteiger partial charge on any atom is 0.119 e. The lowest BCUT2D eigenvalue weighted by Crippen LogP contribution is -2.22. The molecule has 0 unspecified atom stereocenters. The zero-order chi connectivity index (χ0) is 23.0. The zero-order valence-electron chi connectivity index (χ0n) is 19.7. The number of rotatable bonds is 9. The molecular weight excluding hydrogens is 428 g/mol. The first-order valence-electron chi connectivity index (χ1n) is 12.0. The smallest absolute Gasteiger partial charge is 0.119 e. The molecule has 1 saturated heterocycles. The monoisotopic (exact) mass is 462 g/mol. The van der Waals surface area contributed by atoms with Crippen LogP contribution in [0.5, 0.6) is 11.5 Å². The average molecular weight is 463 g/mol. The second-order valence-corrected chi connectivity index (χ2v) is 9.05. The Hall–Kier alpha value is -2.79. The van der Waals surface area contributed by atoms with Gasteiger partial charge in [0.1, 0.15) is 16.5 Å². The Bertz CT molecular complexity index is 1000. The minimum atomic E-state index is 0.779. The SMILES string of the molecule is CCCCOc1ccc(/C=C2\CCC(C(=S)Nc3ccc(OC)cc3)=C2N2CCCC2)cc1. The summed E-state index contributed by atoms with van der Waals surface area (Å²) in [5, 5.41) is 3.45. The minimum Gasteiger partial charge on any atom is -0.497 e. The van der Waals surface area contributed by atoms with Crippen molar-refractivity contribution in [2.24, 2.45) is 0 Å². The van der Waals surface area contributed by atoms with Crippen molar-refractivity contribution in [3.63, 3.8) is 0 Å². The number of likely N-dealkylation sites (tertiary alicyclic amines) is 1. The zero-order valence-corrected chi connectivity index (χ0v) is 20.5. The quantitative estimate of drug-likeness (QED) is 0.326. The summed E-state index contributed by atoms with van der Waals surface area (Å²) in [7, 11) is 1.68. The minimum absolute atomic E-state index is 0.779. The van der Waals surface area contributed by atoms with E-state index in [0.29, 0.717) is 0 Å². The molecule has 0 aromatic heterocycles. The van der Waals surface area contributed by atoms with E-state index in [4.69, 9.17) is 21.7 Å². The Morgan fingerprint density at radius 2 is 1.70 bits per heavy atom. The molecule has 4 nitrogen and oxygen atoms in total. The van der Waals surface area contributed by atoms with Crippen LogP contribution in [0.15, 0.2) is 65.4 Å². The van der Waals surface area contributed by atoms with Gasteiger partial charge in [0.25, 0.3) is 0 Å². The molecule has 2 aliphatic rings. The fourth-order valence-corrected chi connectivity index (χ4v) is 4.78. The number of nitrogens with zero attached hydrogens (tertiary/aromatic N) is 1. The van der Waals surface area contributed by atoms with Crippen LogP contribution in [0, 0.1) is 0 Å². The van der Waals surface area contributed by atoms with Gasteiger partial charge in [0.05, 0.1) is 13.7 Å². The lowest BCUT2D eigenvalue weighted by Gasteiger charge is -2.23. The van der Waals surface area contributed by atoms with Crippen LogP contribution in [0.4, 0.5) is 5.69 Å². The van der Waals surface area contributed by atoms with E-state index in [2.05, 4.69) is 47.5 Å². The number of anilines is 1. The number of ether oxygens (including phenoxy) is 2. The molecule has 2 aromatic rings. The van der Waals surface area contributed by atoms with E-state index in [1.807, 2.05) is 24.3 Å². The lowest BCUT2D eigenvalue weighted by molar-refractivity contribution is 0.309. The first kappa shape index (κ1) is 23.4. The molecule has 2 aromatic carbocycles. The van der Waals surface area contributed by atoms with E-state index in [1.54, 1.807) is 7.11 Å². The molecule has 5 heteroatoms. The van der Waals surface area contributed by atoms with E-state index < -0.39 is 0 Å². The van der Waals surface area contributed by atoms with E-state index >= 15 is 0 Å². The molecule has 0 amide bonds. The van der Waals surface area contributed by atoms with Gasteiger partial charge >= 0.3 is 0 Å². The molecule has 0 atom stereocenters. The second kappa shape index (κ2) is 11.4. The highest BCUT2D eigenvalue weighted by molar-refractivity contribution is 7.81. The highest BCUT2D eigenvalue weighted by Gasteiger charge is 2.28. The van der Waals surface area contributed by atoms with Crippen molar-refractivity contribution in [2.75, 3.05) is 32.1 Å². The summed E-state index contributed by atoms with van der Waals surface area (Å²) in [4.78, 5) is 3.35. The fraction of sp³-hybridized carbons (Fsp3) is 0.393. The number of hydrogen-bond acceptors (Lipinski definition) is 4. The van der Waals surface area contributed by atoms with Crippen molar-refractivity contribution in [2.45, 2.75) is 45.4 Å². The summed E-state index contributed by atoms with van der Waals surface area (Å²) in [6.07, 6.45) is 9.03. The van der Waals surface area contributed by atoms with Crippen LogP contribution in [0.1, 0.15) is 51.0 Å². The number of methoxy groups -OCH3 is 1. The van der Waals surface area contributed by atoms with Crippen molar-refractivity contribution in [1.82, 2.24) is 4.90 Å². The number of unbranched alkanes of at least 4 members (excludes halogenated alkanes) is 1. The molecule has 4 rings (SSSR count). The highest BCUT2D eigenvalue weighted by Crippen LogP contribution is 2.38. The van der Waals surface area contributed by atoms with Crippen molar-refractivity contribution in [3.05, 3.63) is 70.9 Å². The van der Waals surface area contributed by atoms with Crippen molar-refractivity contribution in [1.29, 1.82) is 0 Å². The maximum absolute atomic E-state index is 5.88. The molecule has 1 aliphatic carbocycles. The Morgan fingerprint density at radius 1 is 1.00 bits per heavy atom. The van der Waals surface area contributed by atoms with Gasteiger partial charge in [0, 0.05) is 30.0 Å². The Morgan fingerprint density at radius 3 is 2.36 bits per heavy atom. The van der Waals surface area contributed by atoms with Gasteiger partial charge in [-0.15, -0.1) is 0 Å². The third-order valence-electron chi connectivity index (χ3n) is 6.27. The van der Waals surface area contributed by atoms with Crippen molar-refractivity contribution < 1.29 is 9.47 Å². The lowest BCUT2D eigenvalue weighted by atomic mass is 10.1. The summed E-state index contributed by atoms with van der Waals surface area (Å²) in [5.41, 5.74) is 6.17. The highest BCUT2D eigenvalue weighted by atomic mass is 32.1. The molecule has 174 valence electrons. The molecular formula is C28H34N2O2S. The van der Waals surface area contributed by atoms with Crippen molar-refractivity contribution >= 4 is 29.0 Å². The van der Waals surface area contributed by atoms with Crippen molar-refractivity contribution in [3.8, 4) is 11.5 Å². The van der Waals surface area contributed by atoms with Gasteiger partial charge in [-0.25, -0.2) is 0 Å². The van der Waals surface area contributed by atoms with Crippen LogP contribution >= 0.6 is 12.2 Å². The molecule has 33 heavy (non-hydrogen) atoms. The van der Waals surface area contributed by atoms with Gasteiger partial charge in [-0.2, -0.15) is 0 Å². The molecule has 0 radical (unpaired) electrons. The molecule has 1 N–H and O–H groups in total. The van der Waals surface area contributed by atoms with Crippen LogP contribution < -0.4 is 14.8 Å². The first-order valence-corrected chi connectivity index (χ1v) is 12.5. The summed E-state index contributed by atoms with van der Waals surface area (Å²) in [6, 6.07) is 16.4.